The number of amides is 2. The van der Waals surface area contributed by atoms with Crippen molar-refractivity contribution in [3.05, 3.63) is 81.5 Å². The summed E-state index contributed by atoms with van der Waals surface area (Å²) in [6.07, 6.45) is 2.13. The van der Waals surface area contributed by atoms with Gasteiger partial charge in [-0.25, -0.2) is 14.4 Å². The Morgan fingerprint density at radius 1 is 1.08 bits per heavy atom. The average molecular weight is 754 g/mol. The number of carbonyl (C=O) groups is 2. The lowest BCUT2D eigenvalue weighted by Gasteiger charge is -2.36. The molecule has 53 heavy (non-hydrogen) atoms. The van der Waals surface area contributed by atoms with Crippen LogP contribution in [0.2, 0.25) is 0 Å². The van der Waals surface area contributed by atoms with E-state index in [-0.39, 0.29) is 77.6 Å². The Kier molecular flexibility index (Phi) is 9.43. The van der Waals surface area contributed by atoms with Crippen molar-refractivity contribution < 1.29 is 37.0 Å². The largest absolute Gasteiger partial charge is 0.504 e. The third-order valence-corrected chi connectivity index (χ3v) is 9.67. The minimum Gasteiger partial charge on any atom is -0.504 e. The number of carbonyl (C=O) groups excluding carboxylic acids is 2. The molecule has 276 valence electrons. The molecule has 14 nitrogen and oxygen atoms in total. The van der Waals surface area contributed by atoms with E-state index in [0.29, 0.717) is 30.4 Å². The lowest BCUT2D eigenvalue weighted by Crippen LogP contribution is -2.51. The number of thioether (sulfide) groups is 1. The molecule has 0 unspecified atom stereocenters. The number of nitrogens with zero attached hydrogens (tertiary/aromatic N) is 8. The Hall–Kier alpha value is -5.72. The predicted molar refractivity (Wildman–Crippen MR) is 185 cm³/mol. The number of ether oxygens (including phenoxy) is 1. The highest BCUT2D eigenvalue weighted by Gasteiger charge is 2.32. The molecule has 0 spiro atoms. The number of aryl methyl sites for hydroxylation is 1. The van der Waals surface area contributed by atoms with E-state index in [1.165, 1.54) is 15.8 Å². The van der Waals surface area contributed by atoms with Crippen molar-refractivity contribution >= 4 is 40.7 Å². The number of rotatable bonds is 8. The molecule has 19 heteroatoms. The zero-order valence-electron chi connectivity index (χ0n) is 28.3. The number of hydrogen-bond donors (Lipinski definition) is 2. The molecule has 2 aromatic carbocycles. The number of nitrogens with one attached hydrogen (secondary N) is 1. The standard InChI is InChI=1S/C34H31F4N9O5S/c1-3-24-28(44-9-11-45(12-10-44)31(50)27-29(49)18(2)39-17-40-27)32(51)47-33(42-30(43-47)20-4-7-25-19(14-20)8-13-52-25)46(24)16-26(48)41-23-6-5-21(15-22(23)35)53-34(36,37)38/h4-7,14-15,17,49H,3,8-13,16H2,1-2H3,(H,41,48). The normalized spacial score (nSPS) is 14.4. The van der Waals surface area contributed by atoms with Crippen LogP contribution in [0, 0.1) is 12.7 Å². The molecule has 0 aliphatic carbocycles. The van der Waals surface area contributed by atoms with Crippen LogP contribution in [0.1, 0.15) is 34.4 Å². The van der Waals surface area contributed by atoms with Gasteiger partial charge in [0.2, 0.25) is 11.7 Å². The number of alkyl halides is 3. The molecule has 7 rings (SSSR count). The van der Waals surface area contributed by atoms with Crippen LogP contribution in [-0.4, -0.2) is 89.2 Å². The Morgan fingerprint density at radius 3 is 2.57 bits per heavy atom. The van der Waals surface area contributed by atoms with Crippen molar-refractivity contribution in [2.45, 2.75) is 43.6 Å². The van der Waals surface area contributed by atoms with Gasteiger partial charge in [0, 0.05) is 43.1 Å². The summed E-state index contributed by atoms with van der Waals surface area (Å²) < 4.78 is 61.6. The van der Waals surface area contributed by atoms with Crippen molar-refractivity contribution in [3.63, 3.8) is 0 Å². The van der Waals surface area contributed by atoms with Crippen LogP contribution in [0.3, 0.4) is 0 Å². The molecule has 0 radical (unpaired) electrons. The number of aromatic hydroxyl groups is 1. The van der Waals surface area contributed by atoms with Gasteiger partial charge >= 0.3 is 5.51 Å². The van der Waals surface area contributed by atoms with Crippen LogP contribution in [0.5, 0.6) is 11.5 Å². The lowest BCUT2D eigenvalue weighted by atomic mass is 10.1. The van der Waals surface area contributed by atoms with E-state index in [0.717, 1.165) is 28.0 Å². The van der Waals surface area contributed by atoms with Gasteiger partial charge in [-0.15, -0.1) is 5.10 Å². The highest BCUT2D eigenvalue weighted by molar-refractivity contribution is 8.00. The van der Waals surface area contributed by atoms with Gasteiger partial charge in [0.25, 0.3) is 11.5 Å². The van der Waals surface area contributed by atoms with E-state index in [9.17, 15) is 37.1 Å². The van der Waals surface area contributed by atoms with Crippen molar-refractivity contribution in [2.24, 2.45) is 0 Å². The average Bonchev–Trinajstić information content (AvgIpc) is 3.79. The van der Waals surface area contributed by atoms with E-state index >= 15 is 0 Å². The second kappa shape index (κ2) is 14.0. The minimum atomic E-state index is -4.62. The number of fused-ring (bicyclic) bond motifs is 2. The first-order valence-electron chi connectivity index (χ1n) is 16.5. The Morgan fingerprint density at radius 2 is 1.85 bits per heavy atom. The number of anilines is 2. The smallest absolute Gasteiger partial charge is 0.446 e. The maximum Gasteiger partial charge on any atom is 0.446 e. The first-order valence-corrected chi connectivity index (χ1v) is 17.3. The topological polar surface area (TPSA) is 160 Å². The molecule has 0 atom stereocenters. The zero-order valence-corrected chi connectivity index (χ0v) is 29.1. The van der Waals surface area contributed by atoms with Gasteiger partial charge < -0.3 is 29.5 Å². The highest BCUT2D eigenvalue weighted by atomic mass is 32.2. The molecule has 0 saturated carbocycles. The van der Waals surface area contributed by atoms with E-state index < -0.39 is 47.0 Å². The Labute approximate surface area is 302 Å². The summed E-state index contributed by atoms with van der Waals surface area (Å²) >= 11 is -0.478. The molecular formula is C34H31F4N9O5S. The van der Waals surface area contributed by atoms with Crippen LogP contribution >= 0.6 is 11.8 Å². The summed E-state index contributed by atoms with van der Waals surface area (Å²) in [5, 5.41) is 17.4. The second-order valence-corrected chi connectivity index (χ2v) is 13.4. The van der Waals surface area contributed by atoms with Crippen molar-refractivity contribution in [1.82, 2.24) is 34.0 Å². The van der Waals surface area contributed by atoms with Gasteiger partial charge in [-0.1, -0.05) is 6.92 Å². The molecule has 1 fully saturated rings. The third kappa shape index (κ3) is 7.07. The van der Waals surface area contributed by atoms with Crippen LogP contribution in [0.25, 0.3) is 17.2 Å². The van der Waals surface area contributed by atoms with Crippen LogP contribution in [0.4, 0.5) is 28.9 Å². The van der Waals surface area contributed by atoms with Crippen molar-refractivity contribution in [2.75, 3.05) is 43.0 Å². The Bertz CT molecular complexity index is 2320. The predicted octanol–water partition coefficient (Wildman–Crippen LogP) is 4.21. The van der Waals surface area contributed by atoms with Gasteiger partial charge in [0.05, 0.1) is 23.7 Å². The second-order valence-electron chi connectivity index (χ2n) is 12.3. The maximum absolute atomic E-state index is 14.9. The fourth-order valence-corrected chi connectivity index (χ4v) is 6.98. The van der Waals surface area contributed by atoms with Crippen LogP contribution in [-0.2, 0) is 24.2 Å². The minimum absolute atomic E-state index is 0.0401. The van der Waals surface area contributed by atoms with Crippen LogP contribution in [0.15, 0.2) is 52.4 Å². The van der Waals surface area contributed by atoms with Gasteiger partial charge in [-0.3, -0.25) is 14.4 Å². The SMILES string of the molecule is CCc1c(N2CCN(C(=O)c3ncnc(C)c3O)CC2)c(=O)n2nc(-c3ccc4c(c3)CCO4)nc2n1CC(=O)Nc1ccc(SC(F)(F)F)cc1F. The van der Waals surface area contributed by atoms with Crippen molar-refractivity contribution in [3.8, 4) is 22.9 Å². The van der Waals surface area contributed by atoms with Gasteiger partial charge in [-0.05, 0) is 67.1 Å². The fourth-order valence-electron chi connectivity index (χ4n) is 6.41. The number of aromatic nitrogens is 6. The summed E-state index contributed by atoms with van der Waals surface area (Å²) in [6, 6.07) is 8.21. The molecule has 0 bridgehead atoms. The molecule has 2 amide bonds. The molecule has 5 aromatic rings. The number of piperazine rings is 1. The van der Waals surface area contributed by atoms with Gasteiger partial charge in [0.15, 0.2) is 17.3 Å². The molecular weight excluding hydrogens is 722 g/mol. The Balaban J connectivity index is 1.24. The molecule has 1 saturated heterocycles. The van der Waals surface area contributed by atoms with E-state index in [1.54, 1.807) is 30.9 Å². The summed E-state index contributed by atoms with van der Waals surface area (Å²) in [5.41, 5.74) is -3.13. The van der Waals surface area contributed by atoms with E-state index in [1.807, 2.05) is 6.07 Å². The first kappa shape index (κ1) is 35.7. The number of hydrogen-bond acceptors (Lipinski definition) is 11. The number of benzene rings is 2. The maximum atomic E-state index is 14.9. The zero-order chi connectivity index (χ0) is 37.6. The highest BCUT2D eigenvalue weighted by Crippen LogP contribution is 2.38. The molecule has 2 N–H and O–H groups in total. The monoisotopic (exact) mass is 753 g/mol. The quantitative estimate of drug-likeness (QED) is 0.173. The van der Waals surface area contributed by atoms with E-state index in [4.69, 9.17) is 4.74 Å². The summed E-state index contributed by atoms with van der Waals surface area (Å²) in [7, 11) is 0. The summed E-state index contributed by atoms with van der Waals surface area (Å²) in [4.78, 5) is 56.5. The first-order chi connectivity index (χ1) is 25.3. The van der Waals surface area contributed by atoms with Crippen LogP contribution < -0.4 is 20.5 Å². The molecule has 3 aromatic heterocycles. The number of halogens is 4. The third-order valence-electron chi connectivity index (χ3n) is 8.95. The molecule has 2 aliphatic heterocycles. The van der Waals surface area contributed by atoms with E-state index in [2.05, 4.69) is 25.4 Å². The lowest BCUT2D eigenvalue weighted by molar-refractivity contribution is -0.116. The summed E-state index contributed by atoms with van der Waals surface area (Å²) in [5.74, 6) is -1.61. The summed E-state index contributed by atoms with van der Waals surface area (Å²) in [6.45, 7) is 4.17. The molecule has 5 heterocycles. The van der Waals surface area contributed by atoms with Gasteiger partial charge in [-0.2, -0.15) is 22.7 Å². The molecule has 2 aliphatic rings. The van der Waals surface area contributed by atoms with Crippen molar-refractivity contribution in [1.29, 1.82) is 0 Å². The fraction of sp³-hybridized carbons (Fsp3) is 0.324. The van der Waals surface area contributed by atoms with Gasteiger partial charge in [0.1, 0.15) is 30.1 Å².